The van der Waals surface area contributed by atoms with Gasteiger partial charge in [-0.25, -0.2) is 0 Å². The van der Waals surface area contributed by atoms with Gasteiger partial charge >= 0.3 is 0 Å². The fraction of sp³-hybridized carbons (Fsp3) is 0.577. The summed E-state index contributed by atoms with van der Waals surface area (Å²) >= 11 is 0. The van der Waals surface area contributed by atoms with Crippen LogP contribution < -0.4 is 10.2 Å². The van der Waals surface area contributed by atoms with Gasteiger partial charge in [0, 0.05) is 51.6 Å². The van der Waals surface area contributed by atoms with E-state index < -0.39 is 5.54 Å². The molecule has 9 heteroatoms. The first-order valence-corrected chi connectivity index (χ1v) is 12.6. The number of carbonyl (C=O) groups is 2. The number of rotatable bonds is 6. The highest BCUT2D eigenvalue weighted by Gasteiger charge is 2.38. The second kappa shape index (κ2) is 11.3. The fourth-order valence-electron chi connectivity index (χ4n) is 5.17. The Hall–Kier alpha value is -3.41. The van der Waals surface area contributed by atoms with Crippen molar-refractivity contribution in [3.05, 3.63) is 41.5 Å². The maximum absolute atomic E-state index is 12.9. The van der Waals surface area contributed by atoms with Crippen LogP contribution in [0, 0.1) is 11.3 Å². The molecule has 1 aliphatic carbocycles. The normalized spacial score (nSPS) is 18.3. The zero-order valence-corrected chi connectivity index (χ0v) is 20.5. The number of nitrogens with zero attached hydrogens (tertiary/aromatic N) is 5. The van der Waals surface area contributed by atoms with Crippen molar-refractivity contribution < 1.29 is 14.1 Å². The molecule has 1 aromatic carbocycles. The molecule has 0 atom stereocenters. The minimum absolute atomic E-state index is 0.0810. The Kier molecular flexibility index (Phi) is 8.01. The number of nitrogens with one attached hydrogen (secondary N) is 1. The number of amides is 2. The predicted octanol–water partition coefficient (Wildman–Crippen LogP) is 3.30. The van der Waals surface area contributed by atoms with Crippen LogP contribution in [0.4, 0.5) is 5.69 Å². The van der Waals surface area contributed by atoms with Gasteiger partial charge in [-0.2, -0.15) is 10.2 Å². The van der Waals surface area contributed by atoms with Crippen LogP contribution in [-0.2, 0) is 21.5 Å². The molecule has 1 saturated heterocycles. The summed E-state index contributed by atoms with van der Waals surface area (Å²) in [4.78, 5) is 33.6. The van der Waals surface area contributed by atoms with Crippen LogP contribution >= 0.6 is 0 Å². The molecule has 0 spiro atoms. The number of anilines is 1. The van der Waals surface area contributed by atoms with Gasteiger partial charge in [-0.15, -0.1) is 0 Å². The molecule has 0 bridgehead atoms. The summed E-state index contributed by atoms with van der Waals surface area (Å²) in [7, 11) is 0. The average Bonchev–Trinajstić information content (AvgIpc) is 3.04. The lowest BCUT2D eigenvalue weighted by atomic mass is 9.89. The van der Waals surface area contributed by atoms with Gasteiger partial charge in [-0.1, -0.05) is 30.8 Å². The van der Waals surface area contributed by atoms with Gasteiger partial charge in [0.2, 0.25) is 17.7 Å². The van der Waals surface area contributed by atoms with Gasteiger partial charge in [-0.3, -0.25) is 9.59 Å². The number of benzene rings is 1. The molecule has 186 valence electrons. The first-order chi connectivity index (χ1) is 17.0. The van der Waals surface area contributed by atoms with Gasteiger partial charge in [0.15, 0.2) is 5.82 Å². The van der Waals surface area contributed by atoms with E-state index in [1.165, 1.54) is 6.92 Å². The fourth-order valence-corrected chi connectivity index (χ4v) is 5.17. The molecule has 0 radical (unpaired) electrons. The van der Waals surface area contributed by atoms with E-state index in [1.807, 2.05) is 29.2 Å². The first kappa shape index (κ1) is 24.7. The van der Waals surface area contributed by atoms with Crippen molar-refractivity contribution in [1.82, 2.24) is 20.4 Å². The van der Waals surface area contributed by atoms with Crippen LogP contribution in [-0.4, -0.2) is 53.0 Å². The smallest absolute Gasteiger partial charge is 0.227 e. The zero-order chi connectivity index (χ0) is 24.7. The molecular weight excluding hydrogens is 444 g/mol. The lowest BCUT2D eigenvalue weighted by Gasteiger charge is -2.30. The van der Waals surface area contributed by atoms with Crippen LogP contribution in [0.5, 0.6) is 0 Å². The maximum Gasteiger partial charge on any atom is 0.227 e. The molecular formula is C26H34N6O3. The molecule has 0 unspecified atom stereocenters. The van der Waals surface area contributed by atoms with Gasteiger partial charge < -0.3 is 19.6 Å². The quantitative estimate of drug-likeness (QED) is 0.633. The molecule has 9 nitrogen and oxygen atoms in total. The number of aryl methyl sites for hydroxylation is 1. The molecule has 1 saturated carbocycles. The van der Waals surface area contributed by atoms with Crippen LogP contribution in [0.1, 0.15) is 75.6 Å². The second-order valence-electron chi connectivity index (χ2n) is 9.57. The Labute approximate surface area is 206 Å². The van der Waals surface area contributed by atoms with Crippen LogP contribution in [0.15, 0.2) is 28.8 Å². The van der Waals surface area contributed by atoms with E-state index in [2.05, 4.69) is 26.4 Å². The number of aromatic nitrogens is 2. The van der Waals surface area contributed by atoms with Crippen molar-refractivity contribution in [2.45, 2.75) is 70.3 Å². The van der Waals surface area contributed by atoms with Crippen molar-refractivity contribution >= 4 is 17.5 Å². The average molecular weight is 479 g/mol. The Morgan fingerprint density at radius 2 is 1.80 bits per heavy atom. The van der Waals surface area contributed by atoms with Gasteiger partial charge in [-0.05, 0) is 43.5 Å². The van der Waals surface area contributed by atoms with E-state index in [0.29, 0.717) is 43.2 Å². The van der Waals surface area contributed by atoms with Gasteiger partial charge in [0.1, 0.15) is 5.54 Å². The van der Waals surface area contributed by atoms with Crippen LogP contribution in [0.2, 0.25) is 0 Å². The highest BCUT2D eigenvalue weighted by molar-refractivity contribution is 5.76. The number of carbonyl (C=O) groups excluding carboxylic acids is 2. The van der Waals surface area contributed by atoms with Gasteiger partial charge in [0.05, 0.1) is 11.6 Å². The number of hydrogen-bond donors (Lipinski definition) is 1. The van der Waals surface area contributed by atoms with E-state index >= 15 is 0 Å². The summed E-state index contributed by atoms with van der Waals surface area (Å²) in [5.41, 5.74) is 1.14. The van der Waals surface area contributed by atoms with E-state index in [0.717, 1.165) is 63.7 Å². The lowest BCUT2D eigenvalue weighted by molar-refractivity contribution is -0.131. The van der Waals surface area contributed by atoms with Crippen molar-refractivity contribution in [1.29, 1.82) is 5.26 Å². The largest absolute Gasteiger partial charge is 0.370 e. The summed E-state index contributed by atoms with van der Waals surface area (Å²) in [6, 6.07) is 9.72. The predicted molar refractivity (Wildman–Crippen MR) is 130 cm³/mol. The molecule has 35 heavy (non-hydrogen) atoms. The highest BCUT2D eigenvalue weighted by atomic mass is 16.5. The van der Waals surface area contributed by atoms with Crippen molar-refractivity contribution in [2.24, 2.45) is 0 Å². The van der Waals surface area contributed by atoms with Gasteiger partial charge in [0.25, 0.3) is 0 Å². The summed E-state index contributed by atoms with van der Waals surface area (Å²) < 4.78 is 5.51. The van der Waals surface area contributed by atoms with E-state index in [4.69, 9.17) is 9.78 Å². The van der Waals surface area contributed by atoms with E-state index in [1.54, 1.807) is 0 Å². The SMILES string of the molecule is CC(=O)NC1(c2noc(CCC(=O)N3CCCN(c4ccc(C#N)cc4)CC3)n2)CCCCCC1. The van der Waals surface area contributed by atoms with Crippen molar-refractivity contribution in [2.75, 3.05) is 31.1 Å². The van der Waals surface area contributed by atoms with Crippen LogP contribution in [0.3, 0.4) is 0 Å². The summed E-state index contributed by atoms with van der Waals surface area (Å²) in [6.07, 6.45) is 7.48. The minimum atomic E-state index is -0.576. The number of nitriles is 1. The maximum atomic E-state index is 12.9. The summed E-state index contributed by atoms with van der Waals surface area (Å²) in [6.45, 7) is 4.51. The van der Waals surface area contributed by atoms with E-state index in [-0.39, 0.29) is 11.8 Å². The third kappa shape index (κ3) is 6.18. The molecule has 2 aliphatic rings. The van der Waals surface area contributed by atoms with Crippen molar-refractivity contribution in [3.8, 4) is 6.07 Å². The third-order valence-electron chi connectivity index (χ3n) is 7.03. The Morgan fingerprint density at radius 1 is 1.06 bits per heavy atom. The van der Waals surface area contributed by atoms with E-state index in [9.17, 15) is 9.59 Å². The topological polar surface area (TPSA) is 115 Å². The monoisotopic (exact) mass is 478 g/mol. The molecule has 1 N–H and O–H groups in total. The molecule has 2 amide bonds. The zero-order valence-electron chi connectivity index (χ0n) is 20.5. The lowest BCUT2D eigenvalue weighted by Crippen LogP contribution is -2.45. The first-order valence-electron chi connectivity index (χ1n) is 12.6. The second-order valence-corrected chi connectivity index (χ2v) is 9.57. The molecule has 2 aromatic rings. The highest BCUT2D eigenvalue weighted by Crippen LogP contribution is 2.34. The third-order valence-corrected chi connectivity index (χ3v) is 7.03. The Balaban J connectivity index is 1.33. The Bertz CT molecular complexity index is 1050. The molecule has 1 aromatic heterocycles. The molecule has 2 fully saturated rings. The molecule has 1 aliphatic heterocycles. The summed E-state index contributed by atoms with van der Waals surface area (Å²) in [5.74, 6) is 0.961. The van der Waals surface area contributed by atoms with Crippen LogP contribution in [0.25, 0.3) is 0 Å². The summed E-state index contributed by atoms with van der Waals surface area (Å²) in [5, 5.41) is 16.3. The Morgan fingerprint density at radius 3 is 2.49 bits per heavy atom. The molecule has 2 heterocycles. The standard InChI is InChI=1S/C26H34N6O3/c1-20(33)29-26(13-4-2-3-5-14-26)25-28-23(35-30-25)11-12-24(34)32-16-6-15-31(17-18-32)22-9-7-21(19-27)8-10-22/h7-10H,2-6,11-18H2,1H3,(H,29,33). The minimum Gasteiger partial charge on any atom is -0.370 e. The number of hydrogen-bond acceptors (Lipinski definition) is 7. The molecule has 4 rings (SSSR count). The van der Waals surface area contributed by atoms with Crippen molar-refractivity contribution in [3.63, 3.8) is 0 Å².